The van der Waals surface area contributed by atoms with Crippen LogP contribution < -0.4 is 29.7 Å². The molecule has 11 heteroatoms. The summed E-state index contributed by atoms with van der Waals surface area (Å²) in [6.07, 6.45) is 1.68. The molecule has 0 aliphatic carbocycles. The second-order valence-electron chi connectivity index (χ2n) is 9.02. The molecule has 40 heavy (non-hydrogen) atoms. The lowest BCUT2D eigenvalue weighted by molar-refractivity contribution is -0.126. The maximum Gasteiger partial charge on any atom is 0.261 e. The van der Waals surface area contributed by atoms with E-state index in [-0.39, 0.29) is 18.6 Å². The maximum absolute atomic E-state index is 13.9. The quantitative estimate of drug-likeness (QED) is 0.344. The molecule has 0 unspecified atom stereocenters. The van der Waals surface area contributed by atoms with Crippen LogP contribution in [0.15, 0.2) is 60.0 Å². The topological polar surface area (TPSA) is 115 Å². The average Bonchev–Trinajstić information content (AvgIpc) is 3.72. The van der Waals surface area contributed by atoms with E-state index in [2.05, 4.69) is 10.6 Å². The summed E-state index contributed by atoms with van der Waals surface area (Å²) in [5, 5.41) is 7.43. The van der Waals surface area contributed by atoms with Gasteiger partial charge in [-0.2, -0.15) is 0 Å². The largest absolute Gasteiger partial charge is 0.497 e. The Hall–Kier alpha value is -4.09. The summed E-state index contributed by atoms with van der Waals surface area (Å²) in [6, 6.07) is 14.2. The van der Waals surface area contributed by atoms with Crippen LogP contribution in [0.25, 0.3) is 0 Å². The molecule has 2 N–H and O–H groups in total. The van der Waals surface area contributed by atoms with Gasteiger partial charge in [-0.1, -0.05) is 12.1 Å². The summed E-state index contributed by atoms with van der Waals surface area (Å²) in [7, 11) is 4.57. The second kappa shape index (κ2) is 13.8. The van der Waals surface area contributed by atoms with Crippen LogP contribution in [0, 0.1) is 0 Å². The van der Waals surface area contributed by atoms with Crippen molar-refractivity contribution in [1.82, 2.24) is 10.6 Å². The first-order valence-corrected chi connectivity index (χ1v) is 13.7. The van der Waals surface area contributed by atoms with E-state index in [0.717, 1.165) is 12.8 Å². The molecule has 1 fully saturated rings. The molecule has 2 heterocycles. The molecule has 1 aliphatic heterocycles. The number of amides is 3. The molecule has 1 aromatic heterocycles. The maximum atomic E-state index is 13.9. The van der Waals surface area contributed by atoms with Crippen molar-refractivity contribution in [2.75, 3.05) is 45.9 Å². The van der Waals surface area contributed by atoms with Gasteiger partial charge in [-0.05, 0) is 66.2 Å². The molecule has 212 valence electrons. The van der Waals surface area contributed by atoms with Gasteiger partial charge in [0.1, 0.15) is 11.8 Å². The Kier molecular flexibility index (Phi) is 9.98. The summed E-state index contributed by atoms with van der Waals surface area (Å²) >= 11 is 1.27. The van der Waals surface area contributed by atoms with Crippen molar-refractivity contribution in [2.45, 2.75) is 25.0 Å². The SMILES string of the molecule is COc1ccc(N(C(=O)CNC(=O)c2cccs2)[C@H](C(=O)NC[C@H]2CCCO2)c2ccc(OC)c(OC)c2)cc1. The monoisotopic (exact) mass is 567 g/mol. The molecular weight excluding hydrogens is 534 g/mol. The lowest BCUT2D eigenvalue weighted by Gasteiger charge is -2.32. The van der Waals surface area contributed by atoms with E-state index < -0.39 is 17.9 Å². The number of methoxy groups -OCH3 is 3. The van der Waals surface area contributed by atoms with E-state index in [0.29, 0.717) is 46.5 Å². The third kappa shape index (κ3) is 6.91. The summed E-state index contributed by atoms with van der Waals surface area (Å²) < 4.78 is 21.8. The van der Waals surface area contributed by atoms with Crippen LogP contribution in [0.1, 0.15) is 34.1 Å². The number of ether oxygens (including phenoxy) is 4. The molecule has 0 radical (unpaired) electrons. The highest BCUT2D eigenvalue weighted by Gasteiger charge is 2.34. The first-order chi connectivity index (χ1) is 19.4. The smallest absolute Gasteiger partial charge is 0.261 e. The molecule has 3 amide bonds. The van der Waals surface area contributed by atoms with Crippen molar-refractivity contribution in [3.63, 3.8) is 0 Å². The number of anilines is 1. The molecule has 3 aromatic rings. The minimum absolute atomic E-state index is 0.0924. The summed E-state index contributed by atoms with van der Waals surface area (Å²) in [6.45, 7) is 0.633. The predicted octanol–water partition coefficient (Wildman–Crippen LogP) is 3.57. The van der Waals surface area contributed by atoms with E-state index in [9.17, 15) is 14.4 Å². The molecule has 4 rings (SSSR count). The van der Waals surface area contributed by atoms with Crippen LogP contribution in [0.5, 0.6) is 17.2 Å². The summed E-state index contributed by atoms with van der Waals surface area (Å²) in [5.74, 6) is 0.218. The van der Waals surface area contributed by atoms with Gasteiger partial charge in [0.2, 0.25) is 11.8 Å². The highest BCUT2D eigenvalue weighted by molar-refractivity contribution is 7.12. The third-order valence-electron chi connectivity index (χ3n) is 6.52. The highest BCUT2D eigenvalue weighted by atomic mass is 32.1. The molecule has 10 nitrogen and oxygen atoms in total. The highest BCUT2D eigenvalue weighted by Crippen LogP contribution is 2.35. The number of hydrogen-bond acceptors (Lipinski definition) is 8. The third-order valence-corrected chi connectivity index (χ3v) is 7.39. The number of carbonyl (C=O) groups excluding carboxylic acids is 3. The fourth-order valence-corrected chi connectivity index (χ4v) is 5.11. The molecule has 0 saturated carbocycles. The number of benzene rings is 2. The molecule has 1 saturated heterocycles. The first kappa shape index (κ1) is 28.9. The Morgan fingerprint density at radius 1 is 1.00 bits per heavy atom. The van der Waals surface area contributed by atoms with Gasteiger partial charge in [0.15, 0.2) is 11.5 Å². The minimum Gasteiger partial charge on any atom is -0.497 e. The van der Waals surface area contributed by atoms with Gasteiger partial charge < -0.3 is 29.6 Å². The van der Waals surface area contributed by atoms with Crippen LogP contribution in [0.4, 0.5) is 5.69 Å². The van der Waals surface area contributed by atoms with Crippen LogP contribution >= 0.6 is 11.3 Å². The van der Waals surface area contributed by atoms with E-state index in [1.807, 2.05) is 0 Å². The zero-order valence-electron chi connectivity index (χ0n) is 22.7. The molecule has 1 aliphatic rings. The van der Waals surface area contributed by atoms with E-state index in [1.165, 1.54) is 30.5 Å². The predicted molar refractivity (Wildman–Crippen MR) is 151 cm³/mol. The molecule has 0 spiro atoms. The van der Waals surface area contributed by atoms with Crippen molar-refractivity contribution in [1.29, 1.82) is 0 Å². The second-order valence-corrected chi connectivity index (χ2v) is 9.97. The molecule has 0 bridgehead atoms. The molecular formula is C29H33N3O7S. The number of thiophene rings is 1. The number of carbonyl (C=O) groups is 3. The van der Waals surface area contributed by atoms with Crippen molar-refractivity contribution >= 4 is 34.7 Å². The Bertz CT molecular complexity index is 1290. The Labute approximate surface area is 237 Å². The fraction of sp³-hybridized carbons (Fsp3) is 0.345. The van der Waals surface area contributed by atoms with Crippen molar-refractivity contribution in [2.24, 2.45) is 0 Å². The Morgan fingerprint density at radius 2 is 1.77 bits per heavy atom. The minimum atomic E-state index is -1.10. The standard InChI is InChI=1S/C29H33N3O7S/c1-36-21-11-9-20(10-12-21)32(26(33)18-31-28(34)25-7-5-15-40-25)27(29(35)30-17-22-6-4-14-39-22)19-8-13-23(37-2)24(16-19)38-3/h5,7-13,15-16,22,27H,4,6,14,17-18H2,1-3H3,(H,30,35)(H,31,34)/t22-,27+/m1/s1. The van der Waals surface area contributed by atoms with Crippen molar-refractivity contribution in [3.05, 3.63) is 70.4 Å². The van der Waals surface area contributed by atoms with Crippen LogP contribution in [0.3, 0.4) is 0 Å². The van der Waals surface area contributed by atoms with Crippen LogP contribution in [-0.4, -0.2) is 64.9 Å². The van der Waals surface area contributed by atoms with Crippen LogP contribution in [0.2, 0.25) is 0 Å². The molecule has 2 atom stereocenters. The van der Waals surface area contributed by atoms with Gasteiger partial charge in [-0.25, -0.2) is 0 Å². The zero-order valence-corrected chi connectivity index (χ0v) is 23.5. The van der Waals surface area contributed by atoms with E-state index in [4.69, 9.17) is 18.9 Å². The van der Waals surface area contributed by atoms with Crippen LogP contribution in [-0.2, 0) is 14.3 Å². The fourth-order valence-electron chi connectivity index (χ4n) is 4.47. The van der Waals surface area contributed by atoms with Gasteiger partial charge in [-0.3, -0.25) is 19.3 Å². The van der Waals surface area contributed by atoms with Gasteiger partial charge in [-0.15, -0.1) is 11.3 Å². The number of rotatable bonds is 12. The molecule has 2 aromatic carbocycles. The normalized spacial score (nSPS) is 15.1. The first-order valence-electron chi connectivity index (χ1n) is 12.8. The summed E-state index contributed by atoms with van der Waals surface area (Å²) in [5.41, 5.74) is 0.944. The van der Waals surface area contributed by atoms with Crippen molar-refractivity contribution in [3.8, 4) is 17.2 Å². The lowest BCUT2D eigenvalue weighted by Crippen LogP contribution is -2.48. The zero-order chi connectivity index (χ0) is 28.5. The van der Waals surface area contributed by atoms with Crippen molar-refractivity contribution < 1.29 is 33.3 Å². The van der Waals surface area contributed by atoms with Gasteiger partial charge in [0.25, 0.3) is 5.91 Å². The summed E-state index contributed by atoms with van der Waals surface area (Å²) in [4.78, 5) is 42.2. The lowest BCUT2D eigenvalue weighted by atomic mass is 10.0. The van der Waals surface area contributed by atoms with E-state index >= 15 is 0 Å². The number of nitrogens with zero attached hydrogens (tertiary/aromatic N) is 1. The van der Waals surface area contributed by atoms with E-state index in [1.54, 1.807) is 67.1 Å². The van der Waals surface area contributed by atoms with Gasteiger partial charge >= 0.3 is 0 Å². The average molecular weight is 568 g/mol. The number of nitrogens with one attached hydrogen (secondary N) is 2. The Morgan fingerprint density at radius 3 is 2.40 bits per heavy atom. The van der Waals surface area contributed by atoms with Gasteiger partial charge in [0.05, 0.1) is 38.9 Å². The van der Waals surface area contributed by atoms with Gasteiger partial charge in [0, 0.05) is 18.8 Å². The Balaban J connectivity index is 1.71. The number of hydrogen-bond donors (Lipinski definition) is 2.